The lowest BCUT2D eigenvalue weighted by Gasteiger charge is -2.29. The first kappa shape index (κ1) is 16.1. The Morgan fingerprint density at radius 1 is 1.45 bits per heavy atom. The third kappa shape index (κ3) is 4.97. The van der Waals surface area contributed by atoms with E-state index in [1.54, 1.807) is 17.3 Å². The molecule has 0 radical (unpaired) electrons. The van der Waals surface area contributed by atoms with Crippen LogP contribution in [0.2, 0.25) is 0 Å². The van der Waals surface area contributed by atoms with Crippen LogP contribution in [0.4, 0.5) is 0 Å². The van der Waals surface area contributed by atoms with Gasteiger partial charge in [-0.25, -0.2) is 0 Å². The van der Waals surface area contributed by atoms with Crippen LogP contribution in [-0.2, 0) is 16.1 Å². The number of aliphatic carboxylic acids is 1. The van der Waals surface area contributed by atoms with Crippen molar-refractivity contribution in [2.75, 3.05) is 0 Å². The lowest BCUT2D eigenvalue weighted by Crippen LogP contribution is -2.46. The molecule has 0 aliphatic heterocycles. The molecule has 1 aromatic rings. The van der Waals surface area contributed by atoms with Gasteiger partial charge in [-0.15, -0.1) is 0 Å². The summed E-state index contributed by atoms with van der Waals surface area (Å²) in [6.07, 6.45) is 3.41. The molecular formula is C14H21N3O3. The number of carboxylic acids is 1. The van der Waals surface area contributed by atoms with E-state index >= 15 is 0 Å². The maximum absolute atomic E-state index is 12.3. The van der Waals surface area contributed by atoms with Crippen LogP contribution in [0.5, 0.6) is 0 Å². The maximum Gasteiger partial charge on any atom is 0.303 e. The molecule has 20 heavy (non-hydrogen) atoms. The van der Waals surface area contributed by atoms with Gasteiger partial charge in [0.15, 0.2) is 0 Å². The predicted molar refractivity (Wildman–Crippen MR) is 74.8 cm³/mol. The monoisotopic (exact) mass is 279 g/mol. The van der Waals surface area contributed by atoms with E-state index in [0.29, 0.717) is 6.54 Å². The van der Waals surface area contributed by atoms with E-state index in [2.05, 4.69) is 4.98 Å². The second-order valence-electron chi connectivity index (χ2n) is 4.96. The van der Waals surface area contributed by atoms with E-state index < -0.39 is 12.0 Å². The number of aromatic nitrogens is 1. The zero-order valence-electron chi connectivity index (χ0n) is 11.8. The minimum Gasteiger partial charge on any atom is -0.481 e. The smallest absolute Gasteiger partial charge is 0.303 e. The standard InChI is InChI=1S/C14H21N3O3/c1-10(2)17(9-11-4-3-7-16-8-11)14(20)12(15)5-6-13(18)19/h3-4,7-8,10,12H,5-6,9,15H2,1-2H3,(H,18,19). The summed E-state index contributed by atoms with van der Waals surface area (Å²) < 4.78 is 0. The minimum absolute atomic E-state index is 0.0152. The number of hydrogen-bond acceptors (Lipinski definition) is 4. The largest absolute Gasteiger partial charge is 0.481 e. The van der Waals surface area contributed by atoms with Gasteiger partial charge in [0.05, 0.1) is 6.04 Å². The molecule has 6 heteroatoms. The molecule has 0 aromatic carbocycles. The predicted octanol–water partition coefficient (Wildman–Crippen LogP) is 1.01. The van der Waals surface area contributed by atoms with Gasteiger partial charge < -0.3 is 15.7 Å². The number of amides is 1. The van der Waals surface area contributed by atoms with E-state index in [-0.39, 0.29) is 24.8 Å². The molecule has 0 aliphatic carbocycles. The van der Waals surface area contributed by atoms with Crippen molar-refractivity contribution in [3.63, 3.8) is 0 Å². The summed E-state index contributed by atoms with van der Waals surface area (Å²) in [7, 11) is 0. The Kier molecular flexibility index (Phi) is 6.11. The quantitative estimate of drug-likeness (QED) is 0.776. The lowest BCUT2D eigenvalue weighted by atomic mass is 10.1. The molecule has 0 saturated heterocycles. The van der Waals surface area contributed by atoms with Crippen molar-refractivity contribution in [3.05, 3.63) is 30.1 Å². The van der Waals surface area contributed by atoms with E-state index in [1.165, 1.54) is 0 Å². The molecule has 110 valence electrons. The van der Waals surface area contributed by atoms with Gasteiger partial charge in [-0.2, -0.15) is 0 Å². The van der Waals surface area contributed by atoms with Crippen LogP contribution in [0.3, 0.4) is 0 Å². The first-order valence-corrected chi connectivity index (χ1v) is 6.58. The average Bonchev–Trinajstić information content (AvgIpc) is 2.42. The van der Waals surface area contributed by atoms with Crippen LogP contribution >= 0.6 is 0 Å². The fourth-order valence-corrected chi connectivity index (χ4v) is 1.82. The SMILES string of the molecule is CC(C)N(Cc1cccnc1)C(=O)C(N)CCC(=O)O. The van der Waals surface area contributed by atoms with Gasteiger partial charge >= 0.3 is 5.97 Å². The van der Waals surface area contributed by atoms with E-state index in [9.17, 15) is 9.59 Å². The number of carbonyl (C=O) groups excluding carboxylic acids is 1. The van der Waals surface area contributed by atoms with Crippen LogP contribution in [-0.4, -0.2) is 39.0 Å². The minimum atomic E-state index is -0.948. The van der Waals surface area contributed by atoms with E-state index in [1.807, 2.05) is 26.0 Å². The van der Waals surface area contributed by atoms with Crippen LogP contribution in [0, 0.1) is 0 Å². The van der Waals surface area contributed by atoms with E-state index in [0.717, 1.165) is 5.56 Å². The summed E-state index contributed by atoms with van der Waals surface area (Å²) in [5.41, 5.74) is 6.70. The Balaban J connectivity index is 2.70. The summed E-state index contributed by atoms with van der Waals surface area (Å²) in [5.74, 6) is -1.18. The van der Waals surface area contributed by atoms with Gasteiger partial charge in [0.2, 0.25) is 5.91 Å². The molecule has 1 amide bonds. The van der Waals surface area contributed by atoms with Crippen molar-refractivity contribution in [2.45, 2.75) is 45.3 Å². The Morgan fingerprint density at radius 2 is 2.15 bits per heavy atom. The molecule has 3 N–H and O–H groups in total. The number of pyridine rings is 1. The van der Waals surface area contributed by atoms with Crippen molar-refractivity contribution < 1.29 is 14.7 Å². The molecule has 0 spiro atoms. The Hall–Kier alpha value is -1.95. The van der Waals surface area contributed by atoms with Crippen LogP contribution in [0.1, 0.15) is 32.3 Å². The van der Waals surface area contributed by atoms with Gasteiger partial charge in [0.1, 0.15) is 0 Å². The van der Waals surface area contributed by atoms with Crippen molar-refractivity contribution in [3.8, 4) is 0 Å². The van der Waals surface area contributed by atoms with Crippen LogP contribution in [0.15, 0.2) is 24.5 Å². The van der Waals surface area contributed by atoms with Gasteiger partial charge in [-0.3, -0.25) is 14.6 Å². The van der Waals surface area contributed by atoms with E-state index in [4.69, 9.17) is 10.8 Å². The number of nitrogens with two attached hydrogens (primary N) is 1. The molecule has 1 rings (SSSR count). The van der Waals surface area contributed by atoms with Gasteiger partial charge in [0, 0.05) is 31.4 Å². The summed E-state index contributed by atoms with van der Waals surface area (Å²) in [4.78, 5) is 28.5. The average molecular weight is 279 g/mol. The molecule has 0 aliphatic rings. The van der Waals surface area contributed by atoms with Gasteiger partial charge in [-0.05, 0) is 31.9 Å². The number of carboxylic acid groups (broad SMARTS) is 1. The maximum atomic E-state index is 12.3. The third-order valence-corrected chi connectivity index (χ3v) is 2.97. The number of rotatable bonds is 7. The Morgan fingerprint density at radius 3 is 2.65 bits per heavy atom. The van der Waals surface area contributed by atoms with Crippen molar-refractivity contribution in [1.82, 2.24) is 9.88 Å². The van der Waals surface area contributed by atoms with Crippen molar-refractivity contribution >= 4 is 11.9 Å². The van der Waals surface area contributed by atoms with Gasteiger partial charge in [-0.1, -0.05) is 6.07 Å². The third-order valence-electron chi connectivity index (χ3n) is 2.97. The highest BCUT2D eigenvalue weighted by atomic mass is 16.4. The van der Waals surface area contributed by atoms with Crippen LogP contribution in [0.25, 0.3) is 0 Å². The van der Waals surface area contributed by atoms with Crippen LogP contribution < -0.4 is 5.73 Å². The molecule has 0 saturated carbocycles. The summed E-state index contributed by atoms with van der Waals surface area (Å²) >= 11 is 0. The first-order valence-electron chi connectivity index (χ1n) is 6.58. The highest BCUT2D eigenvalue weighted by Crippen LogP contribution is 2.10. The molecule has 6 nitrogen and oxygen atoms in total. The summed E-state index contributed by atoms with van der Waals surface area (Å²) in [6.45, 7) is 4.22. The lowest BCUT2D eigenvalue weighted by molar-refractivity contribution is -0.138. The topological polar surface area (TPSA) is 96.5 Å². The Labute approximate surface area is 118 Å². The number of carbonyl (C=O) groups is 2. The molecule has 1 atom stereocenters. The zero-order chi connectivity index (χ0) is 15.1. The van der Waals surface area contributed by atoms with Crippen molar-refractivity contribution in [2.24, 2.45) is 5.73 Å². The fourth-order valence-electron chi connectivity index (χ4n) is 1.82. The summed E-state index contributed by atoms with van der Waals surface area (Å²) in [5, 5.41) is 8.64. The second kappa shape index (κ2) is 7.59. The van der Waals surface area contributed by atoms with Gasteiger partial charge in [0.25, 0.3) is 0 Å². The highest BCUT2D eigenvalue weighted by molar-refractivity contribution is 5.82. The second-order valence-corrected chi connectivity index (χ2v) is 4.96. The normalized spacial score (nSPS) is 12.2. The Bertz CT molecular complexity index is 448. The molecule has 0 fully saturated rings. The highest BCUT2D eigenvalue weighted by Gasteiger charge is 2.23. The summed E-state index contributed by atoms with van der Waals surface area (Å²) in [6, 6.07) is 2.89. The number of nitrogens with zero attached hydrogens (tertiary/aromatic N) is 2. The molecule has 1 aromatic heterocycles. The molecule has 1 heterocycles. The molecule has 0 bridgehead atoms. The first-order chi connectivity index (χ1) is 9.41. The van der Waals surface area contributed by atoms with Crippen molar-refractivity contribution in [1.29, 1.82) is 0 Å². The molecule has 1 unspecified atom stereocenters. The fraction of sp³-hybridized carbons (Fsp3) is 0.500. The molecular weight excluding hydrogens is 258 g/mol. The zero-order valence-corrected chi connectivity index (χ0v) is 11.8. The number of hydrogen-bond donors (Lipinski definition) is 2.